The van der Waals surface area contributed by atoms with Crippen molar-refractivity contribution in [3.63, 3.8) is 0 Å². The smallest absolute Gasteiger partial charge is 0.252 e. The molecule has 0 spiro atoms. The molecule has 5 rings (SSSR count). The molecule has 7 nitrogen and oxygen atoms in total. The number of benzene rings is 2. The van der Waals surface area contributed by atoms with Gasteiger partial charge >= 0.3 is 0 Å². The van der Waals surface area contributed by atoms with Crippen LogP contribution in [0.5, 0.6) is 0 Å². The second-order valence-electron chi connectivity index (χ2n) is 8.20. The first-order valence-electron chi connectivity index (χ1n) is 10.8. The Hall–Kier alpha value is -3.32. The molecule has 0 radical (unpaired) electrons. The van der Waals surface area contributed by atoms with Crippen LogP contribution >= 0.6 is 11.6 Å². The van der Waals surface area contributed by atoms with Crippen molar-refractivity contribution < 1.29 is 0 Å². The fraction of sp³-hybridized carbons (Fsp3) is 0.292. The van der Waals surface area contributed by atoms with Gasteiger partial charge in [-0.15, -0.1) is 0 Å². The molecule has 1 N–H and O–H groups in total. The zero-order valence-electron chi connectivity index (χ0n) is 17.9. The molecule has 0 bridgehead atoms. The number of para-hydroxylation sites is 2. The number of H-pyrrole nitrogens is 1. The summed E-state index contributed by atoms with van der Waals surface area (Å²) in [5.41, 5.74) is 3.19. The van der Waals surface area contributed by atoms with Crippen LogP contribution < -0.4 is 15.4 Å². The van der Waals surface area contributed by atoms with Crippen LogP contribution in [0.1, 0.15) is 18.4 Å². The lowest BCUT2D eigenvalue weighted by Gasteiger charge is -2.37. The Morgan fingerprint density at radius 3 is 2.59 bits per heavy atom. The minimum Gasteiger partial charge on any atom is -0.342 e. The number of halogens is 1. The third-order valence-corrected chi connectivity index (χ3v) is 6.43. The van der Waals surface area contributed by atoms with Crippen molar-refractivity contribution in [2.75, 3.05) is 29.9 Å². The van der Waals surface area contributed by atoms with Crippen molar-refractivity contribution in [2.24, 2.45) is 0 Å². The van der Waals surface area contributed by atoms with Gasteiger partial charge in [0, 0.05) is 43.5 Å². The summed E-state index contributed by atoms with van der Waals surface area (Å²) in [7, 11) is 1.99. The van der Waals surface area contributed by atoms with Crippen molar-refractivity contribution in [2.45, 2.75) is 25.4 Å². The topological polar surface area (TPSA) is 70.1 Å². The van der Waals surface area contributed by atoms with E-state index in [2.05, 4.69) is 54.7 Å². The Morgan fingerprint density at radius 2 is 1.84 bits per heavy atom. The molecule has 4 aromatic rings. The number of anilines is 2. The van der Waals surface area contributed by atoms with Crippen molar-refractivity contribution in [3.05, 3.63) is 81.7 Å². The number of rotatable bonds is 5. The highest BCUT2D eigenvalue weighted by Gasteiger charge is 2.26. The van der Waals surface area contributed by atoms with E-state index >= 15 is 0 Å². The van der Waals surface area contributed by atoms with E-state index in [4.69, 9.17) is 16.6 Å². The number of nitrogens with one attached hydrogen (secondary N) is 1. The highest BCUT2D eigenvalue weighted by atomic mass is 35.5. The minimum absolute atomic E-state index is 0.129. The van der Waals surface area contributed by atoms with E-state index in [1.807, 2.05) is 25.2 Å². The predicted octanol–water partition coefficient (Wildman–Crippen LogP) is 3.93. The van der Waals surface area contributed by atoms with Gasteiger partial charge in [0.15, 0.2) is 0 Å². The van der Waals surface area contributed by atoms with E-state index < -0.39 is 0 Å². The molecule has 2 aromatic heterocycles. The zero-order valence-corrected chi connectivity index (χ0v) is 18.7. The first-order chi connectivity index (χ1) is 15.6. The van der Waals surface area contributed by atoms with Crippen molar-refractivity contribution >= 4 is 34.5 Å². The molecular weight excluding hydrogens is 424 g/mol. The largest absolute Gasteiger partial charge is 0.342 e. The summed E-state index contributed by atoms with van der Waals surface area (Å²) in [5.74, 6) is 1.61. The Kier molecular flexibility index (Phi) is 5.57. The molecule has 0 aliphatic carbocycles. The van der Waals surface area contributed by atoms with Crippen molar-refractivity contribution in [1.29, 1.82) is 0 Å². The van der Waals surface area contributed by atoms with E-state index in [-0.39, 0.29) is 5.56 Å². The van der Waals surface area contributed by atoms with E-state index in [1.54, 1.807) is 6.20 Å². The highest BCUT2D eigenvalue weighted by molar-refractivity contribution is 6.30. The number of piperidine rings is 1. The molecule has 164 valence electrons. The van der Waals surface area contributed by atoms with Crippen LogP contribution in [0.2, 0.25) is 5.02 Å². The quantitative estimate of drug-likeness (QED) is 0.501. The van der Waals surface area contributed by atoms with Crippen molar-refractivity contribution in [3.8, 4) is 0 Å². The maximum atomic E-state index is 11.7. The Morgan fingerprint density at radius 1 is 1.09 bits per heavy atom. The SMILES string of the molecule is CN(c1nccc(=O)[nH]1)C1CCN(c2nc3ccccc3n2Cc2ccc(Cl)cc2)CC1. The number of hydrogen-bond donors (Lipinski definition) is 1. The highest BCUT2D eigenvalue weighted by Crippen LogP contribution is 2.28. The van der Waals surface area contributed by atoms with Gasteiger partial charge < -0.3 is 14.4 Å². The predicted molar refractivity (Wildman–Crippen MR) is 129 cm³/mol. The third-order valence-electron chi connectivity index (χ3n) is 6.18. The maximum Gasteiger partial charge on any atom is 0.252 e. The second kappa shape index (κ2) is 8.67. The molecule has 2 aromatic carbocycles. The fourth-order valence-corrected chi connectivity index (χ4v) is 4.52. The van der Waals surface area contributed by atoms with E-state index in [0.29, 0.717) is 12.0 Å². The minimum atomic E-state index is -0.129. The lowest BCUT2D eigenvalue weighted by Crippen LogP contribution is -2.45. The number of nitrogens with zero attached hydrogens (tertiary/aromatic N) is 5. The van der Waals surface area contributed by atoms with Crippen LogP contribution in [0.4, 0.5) is 11.9 Å². The molecule has 32 heavy (non-hydrogen) atoms. The standard InChI is InChI=1S/C24H25ClN6O/c1-29(23-26-13-10-22(32)28-23)19-11-14-30(15-12-19)24-27-20-4-2-3-5-21(20)31(24)16-17-6-8-18(25)9-7-17/h2-10,13,19H,11-12,14-16H2,1H3,(H,26,28,32). The fourth-order valence-electron chi connectivity index (χ4n) is 4.40. The summed E-state index contributed by atoms with van der Waals surface area (Å²) in [6, 6.07) is 18.0. The summed E-state index contributed by atoms with van der Waals surface area (Å²) in [5, 5.41) is 0.741. The Bertz CT molecular complexity index is 1270. The number of imidazole rings is 1. The molecule has 3 heterocycles. The van der Waals surface area contributed by atoms with Gasteiger partial charge in [-0.2, -0.15) is 0 Å². The van der Waals surface area contributed by atoms with E-state index in [9.17, 15) is 4.79 Å². The molecule has 1 saturated heterocycles. The summed E-state index contributed by atoms with van der Waals surface area (Å²) in [4.78, 5) is 28.2. The first kappa shape index (κ1) is 20.6. The van der Waals surface area contributed by atoms with Crippen molar-refractivity contribution in [1.82, 2.24) is 19.5 Å². The monoisotopic (exact) mass is 448 g/mol. The molecule has 0 atom stereocenters. The average Bonchev–Trinajstić information content (AvgIpc) is 3.18. The van der Waals surface area contributed by atoms with Gasteiger partial charge in [0.1, 0.15) is 0 Å². The Labute approximate surface area is 191 Å². The summed E-state index contributed by atoms with van der Waals surface area (Å²) >= 11 is 6.08. The number of aromatic amines is 1. The number of fused-ring (bicyclic) bond motifs is 1. The second-order valence-corrected chi connectivity index (χ2v) is 8.64. The van der Waals surface area contributed by atoms with Gasteiger partial charge in [0.25, 0.3) is 5.56 Å². The molecule has 0 amide bonds. The van der Waals surface area contributed by atoms with E-state index in [1.165, 1.54) is 11.6 Å². The van der Waals surface area contributed by atoms with Crippen LogP contribution in [0.15, 0.2) is 65.6 Å². The summed E-state index contributed by atoms with van der Waals surface area (Å²) in [6.45, 7) is 2.51. The van der Waals surface area contributed by atoms with Gasteiger partial charge in [0.05, 0.1) is 17.6 Å². The summed E-state index contributed by atoms with van der Waals surface area (Å²) < 4.78 is 2.29. The zero-order chi connectivity index (χ0) is 22.1. The number of hydrogen-bond acceptors (Lipinski definition) is 5. The maximum absolute atomic E-state index is 11.7. The van der Waals surface area contributed by atoms with Crippen LogP contribution in [0.3, 0.4) is 0 Å². The normalized spacial score (nSPS) is 14.8. The van der Waals surface area contributed by atoms with Gasteiger partial charge in [-0.25, -0.2) is 9.97 Å². The first-order valence-corrected chi connectivity index (χ1v) is 11.2. The van der Waals surface area contributed by atoms with Crippen LogP contribution in [0, 0.1) is 0 Å². The lowest BCUT2D eigenvalue weighted by molar-refractivity contribution is 0.469. The van der Waals surface area contributed by atoms with Crippen LogP contribution in [-0.2, 0) is 6.54 Å². The third kappa shape index (κ3) is 4.08. The summed E-state index contributed by atoms with van der Waals surface area (Å²) in [6.07, 6.45) is 3.47. The van der Waals surface area contributed by atoms with Gasteiger partial charge in [-0.05, 0) is 42.7 Å². The van der Waals surface area contributed by atoms with Gasteiger partial charge in [-0.1, -0.05) is 35.9 Å². The molecule has 1 fully saturated rings. The molecule has 1 aliphatic rings. The van der Waals surface area contributed by atoms with E-state index in [0.717, 1.165) is 54.5 Å². The van der Waals surface area contributed by atoms with Gasteiger partial charge in [-0.3, -0.25) is 9.78 Å². The lowest BCUT2D eigenvalue weighted by atomic mass is 10.0. The molecule has 0 saturated carbocycles. The molecular formula is C24H25ClN6O. The molecule has 1 aliphatic heterocycles. The molecule has 8 heteroatoms. The Balaban J connectivity index is 1.38. The molecule has 0 unspecified atom stereocenters. The number of aromatic nitrogens is 4. The van der Waals surface area contributed by atoms with Crippen LogP contribution in [0.25, 0.3) is 11.0 Å². The average molecular weight is 449 g/mol. The van der Waals surface area contributed by atoms with Crippen LogP contribution in [-0.4, -0.2) is 45.7 Å². The van der Waals surface area contributed by atoms with Gasteiger partial charge in [0.2, 0.25) is 11.9 Å².